The molecule has 0 saturated carbocycles. The van der Waals surface area contributed by atoms with Crippen LogP contribution in [0.2, 0.25) is 0 Å². The molecule has 8 heteroatoms. The van der Waals surface area contributed by atoms with Gasteiger partial charge in [0.15, 0.2) is 0 Å². The van der Waals surface area contributed by atoms with E-state index in [4.69, 9.17) is 9.73 Å². The van der Waals surface area contributed by atoms with Crippen LogP contribution in [0.15, 0.2) is 65.7 Å². The van der Waals surface area contributed by atoms with E-state index < -0.39 is 5.54 Å². The molecule has 3 N–H and O–H groups in total. The number of methoxy groups -OCH3 is 1. The van der Waals surface area contributed by atoms with E-state index in [2.05, 4.69) is 33.0 Å². The van der Waals surface area contributed by atoms with Crippen molar-refractivity contribution >= 4 is 17.4 Å². The van der Waals surface area contributed by atoms with Crippen molar-refractivity contribution in [2.45, 2.75) is 18.5 Å². The summed E-state index contributed by atoms with van der Waals surface area (Å²) in [5, 5.41) is 14.5. The summed E-state index contributed by atoms with van der Waals surface area (Å²) in [5.41, 5.74) is 4.02. The van der Waals surface area contributed by atoms with Gasteiger partial charge in [0.05, 0.1) is 24.4 Å². The molecule has 1 atom stereocenters. The molecule has 0 bridgehead atoms. The summed E-state index contributed by atoms with van der Waals surface area (Å²) in [4.78, 5) is 20.0. The van der Waals surface area contributed by atoms with Gasteiger partial charge in [-0.1, -0.05) is 48.5 Å². The molecule has 8 nitrogen and oxygen atoms in total. The highest BCUT2D eigenvalue weighted by Crippen LogP contribution is 2.30. The van der Waals surface area contributed by atoms with E-state index in [0.717, 1.165) is 29.2 Å². The number of hydrogen-bond acceptors (Lipinski definition) is 5. The molecule has 0 aliphatic carbocycles. The van der Waals surface area contributed by atoms with Crippen molar-refractivity contribution in [2.24, 2.45) is 4.99 Å². The fraction of sp³-hybridized carbons (Fsp3) is 0.320. The summed E-state index contributed by atoms with van der Waals surface area (Å²) >= 11 is 0. The van der Waals surface area contributed by atoms with Gasteiger partial charge in [-0.2, -0.15) is 5.10 Å². The minimum absolute atomic E-state index is 0.0543. The number of nitrogens with one attached hydrogen (secondary N) is 3. The first-order valence-electron chi connectivity index (χ1n) is 11.2. The molecule has 33 heavy (non-hydrogen) atoms. The van der Waals surface area contributed by atoms with E-state index >= 15 is 0 Å². The van der Waals surface area contributed by atoms with Gasteiger partial charge in [0, 0.05) is 38.0 Å². The normalized spacial score (nSPS) is 21.1. The van der Waals surface area contributed by atoms with Crippen LogP contribution in [0.3, 0.4) is 0 Å². The van der Waals surface area contributed by atoms with Gasteiger partial charge in [-0.15, -0.1) is 0 Å². The lowest BCUT2D eigenvalue weighted by Crippen LogP contribution is -2.55. The van der Waals surface area contributed by atoms with Gasteiger partial charge in [-0.25, -0.2) is 0 Å². The van der Waals surface area contributed by atoms with E-state index in [9.17, 15) is 4.79 Å². The molecule has 2 aliphatic rings. The second kappa shape index (κ2) is 9.17. The van der Waals surface area contributed by atoms with Gasteiger partial charge in [-0.3, -0.25) is 20.2 Å². The van der Waals surface area contributed by atoms with Gasteiger partial charge in [0.25, 0.3) is 5.91 Å². The summed E-state index contributed by atoms with van der Waals surface area (Å²) < 4.78 is 5.21. The molecule has 0 radical (unpaired) electrons. The Balaban J connectivity index is 1.38. The zero-order valence-corrected chi connectivity index (χ0v) is 18.7. The van der Waals surface area contributed by atoms with Crippen molar-refractivity contribution in [3.05, 3.63) is 71.9 Å². The molecule has 0 unspecified atom stereocenters. The number of aromatic nitrogens is 2. The number of amidine groups is 1. The van der Waals surface area contributed by atoms with Gasteiger partial charge in [-0.05, 0) is 24.1 Å². The van der Waals surface area contributed by atoms with Crippen LogP contribution < -0.4 is 10.6 Å². The van der Waals surface area contributed by atoms with Crippen LogP contribution in [0.25, 0.3) is 11.3 Å². The van der Waals surface area contributed by atoms with Gasteiger partial charge >= 0.3 is 0 Å². The number of para-hydroxylation sites is 1. The number of fused-ring (bicyclic) bond motifs is 1. The Morgan fingerprint density at radius 1 is 1.18 bits per heavy atom. The maximum atomic E-state index is 13.3. The predicted octanol–water partition coefficient (Wildman–Crippen LogP) is 2.92. The number of aromatic amines is 1. The minimum atomic E-state index is -0.440. The van der Waals surface area contributed by atoms with Crippen molar-refractivity contribution in [1.82, 2.24) is 20.4 Å². The van der Waals surface area contributed by atoms with Crippen molar-refractivity contribution < 1.29 is 9.53 Å². The van der Waals surface area contributed by atoms with Crippen molar-refractivity contribution in [1.29, 1.82) is 0 Å². The third-order valence-electron chi connectivity index (χ3n) is 6.34. The number of likely N-dealkylation sites (tertiary alicyclic amines) is 1. The third-order valence-corrected chi connectivity index (χ3v) is 6.34. The fourth-order valence-corrected chi connectivity index (χ4v) is 4.51. The van der Waals surface area contributed by atoms with E-state index in [1.165, 1.54) is 5.56 Å². The van der Waals surface area contributed by atoms with Crippen LogP contribution in [-0.4, -0.2) is 65.7 Å². The van der Waals surface area contributed by atoms with Crippen molar-refractivity contribution in [3.8, 4) is 11.3 Å². The standard InChI is InChI=1S/C25H28N6O2/c1-33-14-12-26-24-25(27-16-19-9-5-6-10-20(19)28-24)11-13-31(17-25)23(32)22-15-21(29-30-22)18-7-3-2-4-8-18/h2-10,15,27H,11-14,16-17H2,1H3,(H,26,28)(H,29,30)/t25-/m0/s1. The largest absolute Gasteiger partial charge is 0.383 e. The molecule has 3 heterocycles. The number of aliphatic imine (C=N–C) groups is 1. The highest BCUT2D eigenvalue weighted by molar-refractivity contribution is 6.05. The highest BCUT2D eigenvalue weighted by atomic mass is 16.5. The highest BCUT2D eigenvalue weighted by Gasteiger charge is 2.45. The Labute approximate surface area is 193 Å². The number of ether oxygens (including phenoxy) is 1. The average Bonchev–Trinajstić information content (AvgIpc) is 3.48. The molecule has 3 aromatic rings. The lowest BCUT2D eigenvalue weighted by molar-refractivity contribution is 0.0780. The number of anilines is 1. The molecule has 2 aromatic carbocycles. The molecule has 1 spiro atoms. The summed E-state index contributed by atoms with van der Waals surface area (Å²) in [6, 6.07) is 19.9. The molecule has 170 valence electrons. The van der Waals surface area contributed by atoms with Crippen LogP contribution in [0.4, 0.5) is 5.69 Å². The zero-order valence-electron chi connectivity index (χ0n) is 18.7. The van der Waals surface area contributed by atoms with Gasteiger partial charge in [0.1, 0.15) is 11.5 Å². The first kappa shape index (κ1) is 21.4. The van der Waals surface area contributed by atoms with Crippen LogP contribution >= 0.6 is 0 Å². The zero-order chi connectivity index (χ0) is 22.7. The van der Waals surface area contributed by atoms with Crippen LogP contribution in [0.5, 0.6) is 0 Å². The second-order valence-corrected chi connectivity index (χ2v) is 8.45. The third kappa shape index (κ3) is 4.27. The summed E-state index contributed by atoms with van der Waals surface area (Å²) in [7, 11) is 1.67. The first-order valence-corrected chi connectivity index (χ1v) is 11.2. The van der Waals surface area contributed by atoms with Crippen LogP contribution in [0.1, 0.15) is 22.5 Å². The van der Waals surface area contributed by atoms with Crippen LogP contribution in [0, 0.1) is 0 Å². The number of amides is 1. The summed E-state index contributed by atoms with van der Waals surface area (Å²) in [6.45, 7) is 2.96. The Morgan fingerprint density at radius 2 is 2.00 bits per heavy atom. The molecule has 2 aliphatic heterocycles. The molecule has 1 saturated heterocycles. The van der Waals surface area contributed by atoms with Gasteiger partial charge in [0.2, 0.25) is 0 Å². The molecular weight excluding hydrogens is 416 g/mol. The predicted molar refractivity (Wildman–Crippen MR) is 128 cm³/mol. The van der Waals surface area contributed by atoms with E-state index in [1.54, 1.807) is 7.11 Å². The van der Waals surface area contributed by atoms with E-state index in [-0.39, 0.29) is 5.91 Å². The number of benzene rings is 2. The molecule has 1 fully saturated rings. The number of carbonyl (C=O) groups excluding carboxylic acids is 1. The SMILES string of the molecule is COCCN=C1Nc2ccccc2CN[C@]12CCN(C(=O)c1cc(-c3ccccc3)n[nH]1)C2. The second-order valence-electron chi connectivity index (χ2n) is 8.45. The van der Waals surface area contributed by atoms with Crippen LogP contribution in [-0.2, 0) is 11.3 Å². The monoisotopic (exact) mass is 444 g/mol. The summed E-state index contributed by atoms with van der Waals surface area (Å²) in [6.07, 6.45) is 0.769. The number of nitrogens with zero attached hydrogens (tertiary/aromatic N) is 3. The Hall–Kier alpha value is -3.49. The Kier molecular flexibility index (Phi) is 5.93. The minimum Gasteiger partial charge on any atom is -0.383 e. The van der Waals surface area contributed by atoms with E-state index in [1.807, 2.05) is 53.4 Å². The molecular formula is C25H28N6O2. The fourth-order valence-electron chi connectivity index (χ4n) is 4.51. The number of H-pyrrole nitrogens is 1. The van der Waals surface area contributed by atoms with E-state index in [0.29, 0.717) is 38.5 Å². The quantitative estimate of drug-likeness (QED) is 0.526. The Bertz CT molecular complexity index is 1160. The average molecular weight is 445 g/mol. The first-order chi connectivity index (χ1) is 16.2. The number of carbonyl (C=O) groups is 1. The molecule has 1 aromatic heterocycles. The number of rotatable bonds is 5. The Morgan fingerprint density at radius 3 is 2.85 bits per heavy atom. The molecule has 1 amide bonds. The van der Waals surface area contributed by atoms with Gasteiger partial charge < -0.3 is 15.0 Å². The smallest absolute Gasteiger partial charge is 0.271 e. The summed E-state index contributed by atoms with van der Waals surface area (Å²) in [5.74, 6) is 0.802. The van der Waals surface area contributed by atoms with Crippen molar-refractivity contribution in [2.75, 3.05) is 38.7 Å². The maximum Gasteiger partial charge on any atom is 0.271 e. The maximum absolute atomic E-state index is 13.3. The lowest BCUT2D eigenvalue weighted by Gasteiger charge is -2.30. The molecule has 5 rings (SSSR count). The number of hydrogen-bond donors (Lipinski definition) is 3. The lowest BCUT2D eigenvalue weighted by atomic mass is 9.96. The van der Waals surface area contributed by atoms with Crippen molar-refractivity contribution in [3.63, 3.8) is 0 Å². The topological polar surface area (TPSA) is 94.6 Å².